The highest BCUT2D eigenvalue weighted by Crippen LogP contribution is 2.14. The Morgan fingerprint density at radius 3 is 2.55 bits per heavy atom. The van der Waals surface area contributed by atoms with Crippen LogP contribution in [0.5, 0.6) is 5.75 Å². The number of rotatable bonds is 10. The Hall–Kier alpha value is -1.77. The van der Waals surface area contributed by atoms with Gasteiger partial charge in [-0.2, -0.15) is 0 Å². The number of hydrogen-bond acceptors (Lipinski definition) is 3. The monoisotopic (exact) mass is 276 g/mol. The van der Waals surface area contributed by atoms with Gasteiger partial charge < -0.3 is 9.47 Å². The van der Waals surface area contributed by atoms with Crippen molar-refractivity contribution in [2.75, 3.05) is 13.2 Å². The number of ether oxygens (including phenoxy) is 2. The third kappa shape index (κ3) is 6.41. The lowest BCUT2D eigenvalue weighted by Crippen LogP contribution is -2.06. The molecule has 0 spiro atoms. The van der Waals surface area contributed by atoms with Crippen molar-refractivity contribution in [3.8, 4) is 5.75 Å². The van der Waals surface area contributed by atoms with Crippen molar-refractivity contribution >= 4 is 5.97 Å². The van der Waals surface area contributed by atoms with E-state index in [9.17, 15) is 4.79 Å². The molecule has 0 heterocycles. The smallest absolute Gasteiger partial charge is 0.338 e. The average Bonchev–Trinajstić information content (AvgIpc) is 2.48. The molecule has 0 bridgehead atoms. The van der Waals surface area contributed by atoms with Gasteiger partial charge in [-0.3, -0.25) is 0 Å². The quantitative estimate of drug-likeness (QED) is 0.361. The topological polar surface area (TPSA) is 35.5 Å². The fraction of sp³-hybridized carbons (Fsp3) is 0.471. The summed E-state index contributed by atoms with van der Waals surface area (Å²) in [7, 11) is 0. The molecule has 0 aromatic heterocycles. The molecule has 0 fully saturated rings. The molecule has 0 amide bonds. The number of allylic oxidation sites excluding steroid dienone is 1. The zero-order valence-electron chi connectivity index (χ0n) is 12.3. The predicted molar refractivity (Wildman–Crippen MR) is 81.2 cm³/mol. The summed E-state index contributed by atoms with van der Waals surface area (Å²) in [4.78, 5) is 11.7. The second kappa shape index (κ2) is 10.1. The van der Waals surface area contributed by atoms with Gasteiger partial charge in [0.1, 0.15) is 5.75 Å². The van der Waals surface area contributed by atoms with Gasteiger partial charge in [0.25, 0.3) is 0 Å². The Bertz CT molecular complexity index is 395. The van der Waals surface area contributed by atoms with Gasteiger partial charge >= 0.3 is 5.97 Å². The van der Waals surface area contributed by atoms with Crippen LogP contribution in [0.1, 0.15) is 49.4 Å². The van der Waals surface area contributed by atoms with Crippen LogP contribution in [-0.2, 0) is 4.74 Å². The molecule has 3 nitrogen and oxygen atoms in total. The summed E-state index contributed by atoms with van der Waals surface area (Å²) in [6.45, 7) is 6.92. The van der Waals surface area contributed by atoms with Gasteiger partial charge in [0.2, 0.25) is 0 Å². The summed E-state index contributed by atoms with van der Waals surface area (Å²) in [6.07, 6.45) is 6.95. The van der Waals surface area contributed by atoms with Gasteiger partial charge in [-0.15, -0.1) is 6.58 Å². The first-order valence-electron chi connectivity index (χ1n) is 7.28. The van der Waals surface area contributed by atoms with Crippen molar-refractivity contribution in [2.45, 2.75) is 39.0 Å². The predicted octanol–water partition coefficient (Wildman–Crippen LogP) is 4.38. The normalized spacial score (nSPS) is 10.1. The Balaban J connectivity index is 2.32. The standard InChI is InChI=1S/C17H24O3/c1-3-5-7-8-14-19-16-11-9-15(10-12-16)17(18)20-13-6-4-2/h3,9-12H,1,4-8,13-14H2,2H3. The van der Waals surface area contributed by atoms with Crippen LogP contribution >= 0.6 is 0 Å². The van der Waals surface area contributed by atoms with Crippen LogP contribution in [0.25, 0.3) is 0 Å². The van der Waals surface area contributed by atoms with E-state index in [-0.39, 0.29) is 5.97 Å². The SMILES string of the molecule is C=CCCCCOc1ccc(C(=O)OCCCC)cc1. The minimum atomic E-state index is -0.268. The molecule has 0 atom stereocenters. The maximum atomic E-state index is 11.7. The molecule has 110 valence electrons. The van der Waals surface area contributed by atoms with E-state index in [1.807, 2.05) is 18.2 Å². The molecule has 0 aliphatic rings. The fourth-order valence-electron chi connectivity index (χ4n) is 1.66. The zero-order chi connectivity index (χ0) is 14.6. The second-order valence-corrected chi connectivity index (χ2v) is 4.65. The van der Waals surface area contributed by atoms with E-state index in [0.717, 1.165) is 37.9 Å². The number of carbonyl (C=O) groups excluding carboxylic acids is 1. The van der Waals surface area contributed by atoms with Gasteiger partial charge in [0.15, 0.2) is 0 Å². The largest absolute Gasteiger partial charge is 0.494 e. The summed E-state index contributed by atoms with van der Waals surface area (Å²) < 4.78 is 10.7. The van der Waals surface area contributed by atoms with Crippen LogP contribution in [0.15, 0.2) is 36.9 Å². The summed E-state index contributed by atoms with van der Waals surface area (Å²) in [5.74, 6) is 0.518. The first-order chi connectivity index (χ1) is 9.77. The van der Waals surface area contributed by atoms with Crippen molar-refractivity contribution in [3.05, 3.63) is 42.5 Å². The maximum Gasteiger partial charge on any atom is 0.338 e. The van der Waals surface area contributed by atoms with E-state index in [0.29, 0.717) is 18.8 Å². The van der Waals surface area contributed by atoms with Crippen molar-refractivity contribution in [1.82, 2.24) is 0 Å². The van der Waals surface area contributed by atoms with Crippen molar-refractivity contribution in [2.24, 2.45) is 0 Å². The highest BCUT2D eigenvalue weighted by molar-refractivity contribution is 5.89. The third-order valence-corrected chi connectivity index (χ3v) is 2.89. The zero-order valence-corrected chi connectivity index (χ0v) is 12.3. The molecule has 3 heteroatoms. The van der Waals surface area contributed by atoms with E-state index in [1.165, 1.54) is 0 Å². The summed E-state index contributed by atoms with van der Waals surface area (Å²) in [6, 6.07) is 7.11. The molecule has 0 unspecified atom stereocenters. The van der Waals surface area contributed by atoms with Crippen LogP contribution < -0.4 is 4.74 Å². The summed E-state index contributed by atoms with van der Waals surface area (Å²) in [5.41, 5.74) is 0.570. The molecule has 0 aliphatic heterocycles. The number of unbranched alkanes of at least 4 members (excludes halogenated alkanes) is 3. The lowest BCUT2D eigenvalue weighted by Gasteiger charge is -2.07. The molecule has 0 radical (unpaired) electrons. The molecule has 0 aliphatic carbocycles. The Morgan fingerprint density at radius 2 is 1.90 bits per heavy atom. The molecule has 0 saturated heterocycles. The fourth-order valence-corrected chi connectivity index (χ4v) is 1.66. The van der Waals surface area contributed by atoms with Gasteiger partial charge in [-0.1, -0.05) is 19.4 Å². The molecule has 0 saturated carbocycles. The Morgan fingerprint density at radius 1 is 1.15 bits per heavy atom. The van der Waals surface area contributed by atoms with E-state index in [1.54, 1.807) is 12.1 Å². The minimum absolute atomic E-state index is 0.268. The molecular formula is C17H24O3. The highest BCUT2D eigenvalue weighted by Gasteiger charge is 2.06. The lowest BCUT2D eigenvalue weighted by molar-refractivity contribution is 0.0499. The maximum absolute atomic E-state index is 11.7. The van der Waals surface area contributed by atoms with Gasteiger partial charge in [-0.25, -0.2) is 4.79 Å². The minimum Gasteiger partial charge on any atom is -0.494 e. The van der Waals surface area contributed by atoms with Crippen LogP contribution in [0.2, 0.25) is 0 Å². The molecule has 0 N–H and O–H groups in total. The number of esters is 1. The van der Waals surface area contributed by atoms with E-state index in [2.05, 4.69) is 13.5 Å². The molecule has 1 rings (SSSR count). The summed E-state index contributed by atoms with van der Waals surface area (Å²) in [5, 5.41) is 0. The van der Waals surface area contributed by atoms with Gasteiger partial charge in [-0.05, 0) is 49.9 Å². The van der Waals surface area contributed by atoms with E-state index >= 15 is 0 Å². The van der Waals surface area contributed by atoms with E-state index < -0.39 is 0 Å². The number of benzene rings is 1. The second-order valence-electron chi connectivity index (χ2n) is 4.65. The molecular weight excluding hydrogens is 252 g/mol. The summed E-state index contributed by atoms with van der Waals surface area (Å²) >= 11 is 0. The van der Waals surface area contributed by atoms with Crippen LogP contribution in [0.4, 0.5) is 0 Å². The average molecular weight is 276 g/mol. The van der Waals surface area contributed by atoms with Gasteiger partial charge in [0.05, 0.1) is 18.8 Å². The number of carbonyl (C=O) groups is 1. The van der Waals surface area contributed by atoms with Crippen LogP contribution in [0.3, 0.4) is 0 Å². The molecule has 1 aromatic rings. The number of hydrogen-bond donors (Lipinski definition) is 0. The lowest BCUT2D eigenvalue weighted by atomic mass is 10.2. The first kappa shape index (κ1) is 16.3. The third-order valence-electron chi connectivity index (χ3n) is 2.89. The Kier molecular flexibility index (Phi) is 8.20. The van der Waals surface area contributed by atoms with Gasteiger partial charge in [0, 0.05) is 0 Å². The molecule has 20 heavy (non-hydrogen) atoms. The van der Waals surface area contributed by atoms with Crippen molar-refractivity contribution < 1.29 is 14.3 Å². The van der Waals surface area contributed by atoms with Crippen LogP contribution in [-0.4, -0.2) is 19.2 Å². The molecule has 1 aromatic carbocycles. The van der Waals surface area contributed by atoms with Crippen LogP contribution in [0, 0.1) is 0 Å². The highest BCUT2D eigenvalue weighted by atomic mass is 16.5. The Labute approximate surface area is 121 Å². The van der Waals surface area contributed by atoms with Crippen molar-refractivity contribution in [1.29, 1.82) is 0 Å². The van der Waals surface area contributed by atoms with Crippen molar-refractivity contribution in [3.63, 3.8) is 0 Å². The van der Waals surface area contributed by atoms with E-state index in [4.69, 9.17) is 9.47 Å². The first-order valence-corrected chi connectivity index (χ1v) is 7.28.